The number of aromatic hydroxyl groups is 1. The van der Waals surface area contributed by atoms with Crippen LogP contribution in [-0.2, 0) is 5.41 Å². The summed E-state index contributed by atoms with van der Waals surface area (Å²) in [5.74, 6) is 0.308. The van der Waals surface area contributed by atoms with Crippen molar-refractivity contribution < 1.29 is 5.11 Å². The maximum absolute atomic E-state index is 10.0. The molecular weight excluding hydrogens is 270 g/mol. The second-order valence-electron chi connectivity index (χ2n) is 6.67. The second kappa shape index (κ2) is 7.44. The van der Waals surface area contributed by atoms with E-state index in [0.717, 1.165) is 11.1 Å². The van der Waals surface area contributed by atoms with Gasteiger partial charge in [-0.15, -0.1) is 0 Å². The van der Waals surface area contributed by atoms with Gasteiger partial charge in [0.25, 0.3) is 0 Å². The molecule has 1 heterocycles. The van der Waals surface area contributed by atoms with Gasteiger partial charge in [0.15, 0.2) is 0 Å². The van der Waals surface area contributed by atoms with Crippen molar-refractivity contribution in [2.45, 2.75) is 58.3 Å². The standard InChI is InChI=1S/C20H27NO/c1-4-5-6-9-12-20(2,3)17-13-16(14-21-15-17)18-10-7-8-11-19(18)22/h7-8,10-11,13-15,22H,4-6,9,12H2,1-3H3. The molecule has 0 aliphatic heterocycles. The molecule has 0 aliphatic carbocycles. The van der Waals surface area contributed by atoms with E-state index in [0.29, 0.717) is 5.75 Å². The summed E-state index contributed by atoms with van der Waals surface area (Å²) in [5.41, 5.74) is 3.18. The number of rotatable bonds is 7. The van der Waals surface area contributed by atoms with Crippen molar-refractivity contribution >= 4 is 0 Å². The smallest absolute Gasteiger partial charge is 0.123 e. The number of hydrogen-bond acceptors (Lipinski definition) is 2. The number of hydrogen-bond donors (Lipinski definition) is 1. The third kappa shape index (κ3) is 4.09. The number of benzene rings is 1. The largest absolute Gasteiger partial charge is 0.507 e. The molecular formula is C20H27NO. The van der Waals surface area contributed by atoms with Crippen molar-refractivity contribution in [2.24, 2.45) is 0 Å². The first kappa shape index (κ1) is 16.5. The van der Waals surface area contributed by atoms with E-state index < -0.39 is 0 Å². The lowest BCUT2D eigenvalue weighted by Gasteiger charge is -2.25. The number of phenolic OH excluding ortho intramolecular Hbond substituents is 1. The van der Waals surface area contributed by atoms with Gasteiger partial charge in [-0.1, -0.05) is 64.7 Å². The molecule has 0 unspecified atom stereocenters. The van der Waals surface area contributed by atoms with E-state index in [1.165, 1.54) is 37.7 Å². The van der Waals surface area contributed by atoms with Crippen LogP contribution in [0.2, 0.25) is 0 Å². The Labute approximate surface area is 134 Å². The maximum Gasteiger partial charge on any atom is 0.123 e. The predicted molar refractivity (Wildman–Crippen MR) is 93.1 cm³/mol. The number of unbranched alkanes of at least 4 members (excludes halogenated alkanes) is 3. The number of aromatic nitrogens is 1. The monoisotopic (exact) mass is 297 g/mol. The summed E-state index contributed by atoms with van der Waals surface area (Å²) in [6.45, 7) is 6.81. The minimum absolute atomic E-state index is 0.112. The summed E-state index contributed by atoms with van der Waals surface area (Å²) in [6.07, 6.45) is 10.1. The van der Waals surface area contributed by atoms with Gasteiger partial charge in [-0.25, -0.2) is 0 Å². The Hall–Kier alpha value is -1.83. The average Bonchev–Trinajstić information content (AvgIpc) is 2.52. The molecule has 0 atom stereocenters. The zero-order chi connectivity index (χ0) is 16.0. The summed E-state index contributed by atoms with van der Waals surface area (Å²) in [6, 6.07) is 9.61. The highest BCUT2D eigenvalue weighted by molar-refractivity contribution is 5.69. The highest BCUT2D eigenvalue weighted by Gasteiger charge is 2.21. The van der Waals surface area contributed by atoms with Gasteiger partial charge >= 0.3 is 0 Å². The minimum Gasteiger partial charge on any atom is -0.507 e. The zero-order valence-corrected chi connectivity index (χ0v) is 14.0. The van der Waals surface area contributed by atoms with Crippen LogP contribution in [0.1, 0.15) is 58.4 Å². The summed E-state index contributed by atoms with van der Waals surface area (Å²) in [4.78, 5) is 4.40. The Morgan fingerprint density at radius 3 is 2.55 bits per heavy atom. The molecule has 1 aromatic carbocycles. The van der Waals surface area contributed by atoms with Gasteiger partial charge in [0.1, 0.15) is 5.75 Å². The highest BCUT2D eigenvalue weighted by atomic mass is 16.3. The number of nitrogens with zero attached hydrogens (tertiary/aromatic N) is 1. The van der Waals surface area contributed by atoms with Gasteiger partial charge in [0.2, 0.25) is 0 Å². The molecule has 0 saturated carbocycles. The fraction of sp³-hybridized carbons (Fsp3) is 0.450. The second-order valence-corrected chi connectivity index (χ2v) is 6.67. The summed E-state index contributed by atoms with van der Waals surface area (Å²) in [5, 5.41) is 10.0. The lowest BCUT2D eigenvalue weighted by atomic mass is 9.80. The first-order chi connectivity index (χ1) is 10.5. The average molecular weight is 297 g/mol. The van der Waals surface area contributed by atoms with E-state index in [9.17, 15) is 5.11 Å². The van der Waals surface area contributed by atoms with E-state index >= 15 is 0 Å². The summed E-state index contributed by atoms with van der Waals surface area (Å²) >= 11 is 0. The first-order valence-electron chi connectivity index (χ1n) is 8.28. The van der Waals surface area contributed by atoms with Crippen molar-refractivity contribution in [3.63, 3.8) is 0 Å². The van der Waals surface area contributed by atoms with Gasteiger partial charge in [0.05, 0.1) is 0 Å². The van der Waals surface area contributed by atoms with Crippen molar-refractivity contribution in [1.82, 2.24) is 4.98 Å². The Kier molecular flexibility index (Phi) is 5.59. The topological polar surface area (TPSA) is 33.1 Å². The molecule has 0 amide bonds. The third-order valence-corrected chi connectivity index (χ3v) is 4.39. The Morgan fingerprint density at radius 2 is 1.82 bits per heavy atom. The van der Waals surface area contributed by atoms with E-state index in [4.69, 9.17) is 0 Å². The van der Waals surface area contributed by atoms with Gasteiger partial charge in [0, 0.05) is 23.5 Å². The number of pyridine rings is 1. The minimum atomic E-state index is 0.112. The molecule has 1 aromatic heterocycles. The highest BCUT2D eigenvalue weighted by Crippen LogP contribution is 2.34. The predicted octanol–water partition coefficient (Wildman–Crippen LogP) is 5.70. The molecule has 2 nitrogen and oxygen atoms in total. The van der Waals surface area contributed by atoms with Crippen molar-refractivity contribution in [3.05, 3.63) is 48.3 Å². The SMILES string of the molecule is CCCCCCC(C)(C)c1cncc(-c2ccccc2O)c1. The van der Waals surface area contributed by atoms with E-state index in [-0.39, 0.29) is 5.41 Å². The first-order valence-corrected chi connectivity index (χ1v) is 8.28. The lowest BCUT2D eigenvalue weighted by molar-refractivity contribution is 0.445. The van der Waals surface area contributed by atoms with Crippen LogP contribution in [0.15, 0.2) is 42.7 Å². The van der Waals surface area contributed by atoms with Crippen molar-refractivity contribution in [1.29, 1.82) is 0 Å². The lowest BCUT2D eigenvalue weighted by Crippen LogP contribution is -2.17. The van der Waals surface area contributed by atoms with E-state index in [2.05, 4.69) is 31.8 Å². The van der Waals surface area contributed by atoms with Crippen LogP contribution in [0.3, 0.4) is 0 Å². The molecule has 118 valence electrons. The third-order valence-electron chi connectivity index (χ3n) is 4.39. The zero-order valence-electron chi connectivity index (χ0n) is 14.0. The molecule has 2 rings (SSSR count). The Bertz CT molecular complexity index is 604. The van der Waals surface area contributed by atoms with Crippen molar-refractivity contribution in [2.75, 3.05) is 0 Å². The van der Waals surface area contributed by atoms with Crippen LogP contribution in [-0.4, -0.2) is 10.1 Å². The van der Waals surface area contributed by atoms with E-state index in [1.807, 2.05) is 30.6 Å². The molecule has 2 heteroatoms. The summed E-state index contributed by atoms with van der Waals surface area (Å²) in [7, 11) is 0. The van der Waals surface area contributed by atoms with Gasteiger partial charge in [-0.2, -0.15) is 0 Å². The van der Waals surface area contributed by atoms with Crippen LogP contribution < -0.4 is 0 Å². The molecule has 0 spiro atoms. The molecule has 0 radical (unpaired) electrons. The van der Waals surface area contributed by atoms with Crippen LogP contribution in [0.5, 0.6) is 5.75 Å². The van der Waals surface area contributed by atoms with Crippen LogP contribution in [0.4, 0.5) is 0 Å². The molecule has 2 aromatic rings. The molecule has 0 fully saturated rings. The fourth-order valence-electron chi connectivity index (χ4n) is 2.81. The molecule has 0 aliphatic rings. The Balaban J connectivity index is 2.19. The van der Waals surface area contributed by atoms with Crippen LogP contribution >= 0.6 is 0 Å². The fourth-order valence-corrected chi connectivity index (χ4v) is 2.81. The summed E-state index contributed by atoms with van der Waals surface area (Å²) < 4.78 is 0. The molecule has 1 N–H and O–H groups in total. The van der Waals surface area contributed by atoms with Gasteiger partial charge in [-0.3, -0.25) is 4.98 Å². The van der Waals surface area contributed by atoms with E-state index in [1.54, 1.807) is 6.07 Å². The number of phenols is 1. The van der Waals surface area contributed by atoms with Crippen LogP contribution in [0.25, 0.3) is 11.1 Å². The van der Waals surface area contributed by atoms with Gasteiger partial charge in [-0.05, 0) is 29.5 Å². The van der Waals surface area contributed by atoms with Crippen LogP contribution in [0, 0.1) is 0 Å². The maximum atomic E-state index is 10.0. The number of para-hydroxylation sites is 1. The molecule has 0 bridgehead atoms. The quantitative estimate of drug-likeness (QED) is 0.665. The van der Waals surface area contributed by atoms with Gasteiger partial charge < -0.3 is 5.11 Å². The van der Waals surface area contributed by atoms with Crippen molar-refractivity contribution in [3.8, 4) is 16.9 Å². The molecule has 0 saturated heterocycles. The Morgan fingerprint density at radius 1 is 1.05 bits per heavy atom. The molecule has 22 heavy (non-hydrogen) atoms. The normalized spacial score (nSPS) is 11.6.